The smallest absolute Gasteiger partial charge is 0.330 e. The molecule has 0 fully saturated rings. The molecule has 0 saturated heterocycles. The highest BCUT2D eigenvalue weighted by molar-refractivity contribution is 6.09. The van der Waals surface area contributed by atoms with E-state index in [-0.39, 0.29) is 19.2 Å². The number of ether oxygens (including phenoxy) is 1. The van der Waals surface area contributed by atoms with Gasteiger partial charge in [0.05, 0.1) is 6.54 Å². The number of esters is 1. The number of carbonyl (C=O) groups is 2. The molecule has 6 heteroatoms. The highest BCUT2D eigenvalue weighted by Gasteiger charge is 2.10. The largest absolute Gasteiger partial charge is 0.461 e. The number of aromatic nitrogens is 1. The second-order valence-corrected chi connectivity index (χ2v) is 5.75. The molecule has 134 valence electrons. The Balaban J connectivity index is 1.73. The molecule has 2 amide bonds. The summed E-state index contributed by atoms with van der Waals surface area (Å²) in [6.45, 7) is 6.62. The Morgan fingerprint density at radius 2 is 1.92 bits per heavy atom. The number of aryl methyl sites for hydroxylation is 1. The van der Waals surface area contributed by atoms with Crippen molar-refractivity contribution in [2.75, 3.05) is 18.5 Å². The fourth-order valence-electron chi connectivity index (χ4n) is 3.02. The molecule has 0 aliphatic heterocycles. The summed E-state index contributed by atoms with van der Waals surface area (Å²) in [5.74, 6) is -0.509. The number of nitrogens with one attached hydrogen (secondary N) is 2. The van der Waals surface area contributed by atoms with Crippen LogP contribution in [-0.2, 0) is 16.1 Å². The highest BCUT2D eigenvalue weighted by Crippen LogP contribution is 2.30. The molecule has 0 aliphatic carbocycles. The number of fused-ring (bicyclic) bond motifs is 3. The number of anilines is 1. The Morgan fingerprint density at radius 1 is 1.15 bits per heavy atom. The fourth-order valence-corrected chi connectivity index (χ4v) is 3.02. The van der Waals surface area contributed by atoms with Crippen LogP contribution in [0.4, 0.5) is 10.5 Å². The number of hydrogen-bond acceptors (Lipinski definition) is 3. The molecule has 1 aromatic heterocycles. The van der Waals surface area contributed by atoms with Gasteiger partial charge in [-0.05, 0) is 31.2 Å². The Kier molecular flexibility index (Phi) is 5.22. The highest BCUT2D eigenvalue weighted by atomic mass is 16.5. The second-order valence-electron chi connectivity index (χ2n) is 5.75. The maximum atomic E-state index is 12.0. The number of para-hydroxylation sites is 1. The van der Waals surface area contributed by atoms with Crippen LogP contribution in [0.2, 0.25) is 0 Å². The van der Waals surface area contributed by atoms with Crippen molar-refractivity contribution < 1.29 is 14.3 Å². The van der Waals surface area contributed by atoms with Crippen LogP contribution in [0.25, 0.3) is 21.8 Å². The zero-order valence-electron chi connectivity index (χ0n) is 14.6. The molecule has 26 heavy (non-hydrogen) atoms. The Hall–Kier alpha value is -3.28. The van der Waals surface area contributed by atoms with Crippen molar-refractivity contribution in [1.82, 2.24) is 9.88 Å². The lowest BCUT2D eigenvalue weighted by molar-refractivity contribution is -0.137. The van der Waals surface area contributed by atoms with Crippen molar-refractivity contribution in [3.63, 3.8) is 0 Å². The van der Waals surface area contributed by atoms with Crippen LogP contribution >= 0.6 is 0 Å². The predicted octanol–water partition coefficient (Wildman–Crippen LogP) is 3.67. The minimum atomic E-state index is -0.509. The molecule has 6 nitrogen and oxygen atoms in total. The first-order valence-corrected chi connectivity index (χ1v) is 8.49. The molecule has 3 aromatic rings. The van der Waals surface area contributed by atoms with E-state index in [4.69, 9.17) is 4.74 Å². The standard InChI is InChI=1S/C20H21N3O3/c1-3-19(24)26-12-11-21-20(25)22-14-9-10-18-16(13-14)15-7-5-6-8-17(15)23(18)4-2/h3,5-10,13H,1,4,11-12H2,2H3,(H2,21,22,25). The molecule has 0 aliphatic rings. The van der Waals surface area contributed by atoms with Gasteiger partial charge in [-0.1, -0.05) is 24.8 Å². The predicted molar refractivity (Wildman–Crippen MR) is 103 cm³/mol. The van der Waals surface area contributed by atoms with Crippen molar-refractivity contribution in [2.24, 2.45) is 0 Å². The quantitative estimate of drug-likeness (QED) is 0.404. The molecule has 0 saturated carbocycles. The number of urea groups is 1. The van der Waals surface area contributed by atoms with Crippen LogP contribution in [0, 0.1) is 0 Å². The SMILES string of the molecule is C=CC(=O)OCCNC(=O)Nc1ccc2c(c1)c1ccccc1n2CC. The van der Waals surface area contributed by atoms with Gasteiger partial charge in [0.25, 0.3) is 0 Å². The molecule has 2 aromatic carbocycles. The van der Waals surface area contributed by atoms with Gasteiger partial charge < -0.3 is 19.9 Å². The van der Waals surface area contributed by atoms with Crippen molar-refractivity contribution in [3.8, 4) is 0 Å². The fraction of sp³-hybridized carbons (Fsp3) is 0.200. The number of benzene rings is 2. The number of rotatable bonds is 6. The van der Waals surface area contributed by atoms with Crippen molar-refractivity contribution in [2.45, 2.75) is 13.5 Å². The third-order valence-corrected chi connectivity index (χ3v) is 4.15. The maximum Gasteiger partial charge on any atom is 0.330 e. The monoisotopic (exact) mass is 351 g/mol. The van der Waals surface area contributed by atoms with Gasteiger partial charge in [0.1, 0.15) is 6.61 Å². The molecule has 2 N–H and O–H groups in total. The first-order chi connectivity index (χ1) is 12.6. The molecule has 0 bridgehead atoms. The van der Waals surface area contributed by atoms with E-state index < -0.39 is 5.97 Å². The van der Waals surface area contributed by atoms with Crippen LogP contribution in [0.1, 0.15) is 6.92 Å². The van der Waals surface area contributed by atoms with E-state index >= 15 is 0 Å². The van der Waals surface area contributed by atoms with Gasteiger partial charge in [-0.3, -0.25) is 0 Å². The van der Waals surface area contributed by atoms with Gasteiger partial charge in [-0.25, -0.2) is 9.59 Å². The van der Waals surface area contributed by atoms with Crippen LogP contribution in [0.15, 0.2) is 55.1 Å². The first kappa shape index (κ1) is 17.5. The summed E-state index contributed by atoms with van der Waals surface area (Å²) in [4.78, 5) is 22.9. The second kappa shape index (κ2) is 7.74. The van der Waals surface area contributed by atoms with Crippen LogP contribution in [0.5, 0.6) is 0 Å². The summed E-state index contributed by atoms with van der Waals surface area (Å²) in [5.41, 5.74) is 3.02. The molecule has 0 atom stereocenters. The molecule has 0 spiro atoms. The maximum absolute atomic E-state index is 12.0. The molecular formula is C20H21N3O3. The summed E-state index contributed by atoms with van der Waals surface area (Å²) >= 11 is 0. The van der Waals surface area contributed by atoms with Crippen molar-refractivity contribution in [3.05, 3.63) is 55.1 Å². The molecule has 0 radical (unpaired) electrons. The van der Waals surface area contributed by atoms with Crippen LogP contribution < -0.4 is 10.6 Å². The number of amides is 2. The topological polar surface area (TPSA) is 72.4 Å². The Labute approximate surface area is 151 Å². The van der Waals surface area contributed by atoms with Gasteiger partial charge in [0.2, 0.25) is 0 Å². The number of carbonyl (C=O) groups excluding carboxylic acids is 2. The summed E-state index contributed by atoms with van der Waals surface area (Å²) < 4.78 is 7.06. The molecule has 1 heterocycles. The first-order valence-electron chi connectivity index (χ1n) is 8.49. The van der Waals surface area contributed by atoms with E-state index in [0.717, 1.165) is 28.9 Å². The normalized spacial score (nSPS) is 10.7. The minimum Gasteiger partial charge on any atom is -0.461 e. The van der Waals surface area contributed by atoms with Gasteiger partial charge in [0, 0.05) is 40.1 Å². The van der Waals surface area contributed by atoms with E-state index in [9.17, 15) is 9.59 Å². The van der Waals surface area contributed by atoms with Gasteiger partial charge in [-0.15, -0.1) is 0 Å². The molecule has 3 rings (SSSR count). The van der Waals surface area contributed by atoms with E-state index in [1.165, 1.54) is 5.52 Å². The lowest BCUT2D eigenvalue weighted by atomic mass is 10.1. The summed E-state index contributed by atoms with van der Waals surface area (Å²) in [6, 6.07) is 13.7. The number of hydrogen-bond donors (Lipinski definition) is 2. The third kappa shape index (κ3) is 3.54. The van der Waals surface area contributed by atoms with Gasteiger partial charge in [0.15, 0.2) is 0 Å². The Bertz CT molecular complexity index is 975. The summed E-state index contributed by atoms with van der Waals surface area (Å²) in [5, 5.41) is 7.71. The average Bonchev–Trinajstić information content (AvgIpc) is 2.98. The minimum absolute atomic E-state index is 0.0985. The van der Waals surface area contributed by atoms with Crippen molar-refractivity contribution >= 4 is 39.5 Å². The summed E-state index contributed by atoms with van der Waals surface area (Å²) in [7, 11) is 0. The zero-order chi connectivity index (χ0) is 18.5. The van der Waals surface area contributed by atoms with Crippen LogP contribution in [0.3, 0.4) is 0 Å². The average molecular weight is 351 g/mol. The van der Waals surface area contributed by atoms with Crippen LogP contribution in [-0.4, -0.2) is 29.7 Å². The Morgan fingerprint density at radius 3 is 2.69 bits per heavy atom. The molecule has 0 unspecified atom stereocenters. The summed E-state index contributed by atoms with van der Waals surface area (Å²) in [6.07, 6.45) is 1.09. The molecular weight excluding hydrogens is 330 g/mol. The third-order valence-electron chi connectivity index (χ3n) is 4.15. The lowest BCUT2D eigenvalue weighted by Crippen LogP contribution is -2.31. The van der Waals surface area contributed by atoms with E-state index in [1.807, 2.05) is 30.3 Å². The zero-order valence-corrected chi connectivity index (χ0v) is 14.6. The van der Waals surface area contributed by atoms with E-state index in [1.54, 1.807) is 0 Å². The number of nitrogens with zero attached hydrogens (tertiary/aromatic N) is 1. The van der Waals surface area contributed by atoms with E-state index in [0.29, 0.717) is 5.69 Å². The van der Waals surface area contributed by atoms with Gasteiger partial charge in [-0.2, -0.15) is 0 Å². The lowest BCUT2D eigenvalue weighted by Gasteiger charge is -2.08. The van der Waals surface area contributed by atoms with Gasteiger partial charge >= 0.3 is 12.0 Å². The van der Waals surface area contributed by atoms with Crippen molar-refractivity contribution in [1.29, 1.82) is 0 Å². The van der Waals surface area contributed by atoms with E-state index in [2.05, 4.69) is 40.8 Å².